The van der Waals surface area contributed by atoms with Crippen LogP contribution in [0.5, 0.6) is 5.75 Å². The van der Waals surface area contributed by atoms with Gasteiger partial charge in [0.1, 0.15) is 11.6 Å². The predicted octanol–water partition coefficient (Wildman–Crippen LogP) is 6.30. The number of carboxylic acid groups (broad SMARTS) is 1. The number of carbonyl (C=O) groups is 2. The van der Waals surface area contributed by atoms with E-state index in [1.165, 1.54) is 4.88 Å². The molecule has 1 aliphatic carbocycles. The van der Waals surface area contributed by atoms with Crippen LogP contribution in [0.3, 0.4) is 0 Å². The number of benzene rings is 2. The first kappa shape index (κ1) is 24.2. The maximum Gasteiger partial charge on any atom is 0.337 e. The van der Waals surface area contributed by atoms with E-state index in [-0.39, 0.29) is 23.2 Å². The lowest BCUT2D eigenvalue weighted by molar-refractivity contribution is -0.116. The Kier molecular flexibility index (Phi) is 6.12. The topological polar surface area (TPSA) is 93.5 Å². The summed E-state index contributed by atoms with van der Waals surface area (Å²) in [7, 11) is 0. The van der Waals surface area contributed by atoms with Gasteiger partial charge in [0.25, 0.3) is 0 Å². The van der Waals surface area contributed by atoms with Gasteiger partial charge in [0.15, 0.2) is 5.78 Å². The van der Waals surface area contributed by atoms with Gasteiger partial charge in [-0.15, -0.1) is 11.3 Å². The summed E-state index contributed by atoms with van der Waals surface area (Å²) in [5.74, 6) is 0.356. The maximum absolute atomic E-state index is 13.8. The number of aryl methyl sites for hydroxylation is 1. The molecular weight excluding hydrogens is 498 g/mol. The monoisotopic (exact) mass is 525 g/mol. The average Bonchev–Trinajstić information content (AvgIpc) is 3.57. The molecule has 0 amide bonds. The normalized spacial score (nSPS) is 18.5. The zero-order valence-electron chi connectivity index (χ0n) is 21.1. The maximum atomic E-state index is 13.8. The van der Waals surface area contributed by atoms with Gasteiger partial charge in [0.2, 0.25) is 0 Å². The molecule has 192 valence electrons. The van der Waals surface area contributed by atoms with Crippen LogP contribution in [0, 0.1) is 6.92 Å². The summed E-state index contributed by atoms with van der Waals surface area (Å²) in [6.07, 6.45) is 1.15. The zero-order valence-corrected chi connectivity index (χ0v) is 21.9. The molecule has 1 aliphatic heterocycles. The molecule has 0 bridgehead atoms. The minimum Gasteiger partial charge on any atom is -0.494 e. The fourth-order valence-electron chi connectivity index (χ4n) is 5.67. The second-order valence-corrected chi connectivity index (χ2v) is 10.6. The van der Waals surface area contributed by atoms with Gasteiger partial charge < -0.3 is 15.2 Å². The standard InChI is InChI=1S/C30H27N3O4S/c1-3-37-20-12-10-18(11-13-20)27-26-17(2)32-33(23-8-5-4-7-21(23)30(35)36)29(26)31-22-15-19(16-24(34)28(22)27)25-9-6-14-38-25/h4-14,19,27,31H,3,15-16H2,1-2H3,(H,35,36)/t19-,27+/m0/s1. The van der Waals surface area contributed by atoms with E-state index in [1.807, 2.05) is 49.6 Å². The number of nitrogens with one attached hydrogen (secondary N) is 1. The molecule has 0 unspecified atom stereocenters. The number of para-hydroxylation sites is 1. The molecule has 0 radical (unpaired) electrons. The number of thiophene rings is 1. The molecule has 2 aliphatic rings. The first-order valence-electron chi connectivity index (χ1n) is 12.7. The largest absolute Gasteiger partial charge is 0.494 e. The molecule has 8 heteroatoms. The van der Waals surface area contributed by atoms with E-state index in [0.29, 0.717) is 31.0 Å². The lowest BCUT2D eigenvalue weighted by Crippen LogP contribution is -2.30. The fraction of sp³-hybridized carbons (Fsp3) is 0.233. The molecule has 2 N–H and O–H groups in total. The van der Waals surface area contributed by atoms with Gasteiger partial charge in [-0.25, -0.2) is 9.48 Å². The van der Waals surface area contributed by atoms with Gasteiger partial charge in [-0.05, 0) is 61.5 Å². The molecule has 2 aromatic heterocycles. The van der Waals surface area contributed by atoms with Crippen LogP contribution >= 0.6 is 11.3 Å². The van der Waals surface area contributed by atoms with Gasteiger partial charge in [0.05, 0.1) is 23.6 Å². The summed E-state index contributed by atoms with van der Waals surface area (Å²) in [4.78, 5) is 27.1. The molecule has 3 heterocycles. The molecule has 4 aromatic rings. The highest BCUT2D eigenvalue weighted by Gasteiger charge is 2.41. The number of Topliss-reactive ketones (excluding diaryl/α,β-unsaturated/α-hetero) is 1. The summed E-state index contributed by atoms with van der Waals surface area (Å²) < 4.78 is 7.34. The van der Waals surface area contributed by atoms with Crippen molar-refractivity contribution in [2.24, 2.45) is 0 Å². The molecule has 0 fully saturated rings. The Morgan fingerprint density at radius 1 is 1.13 bits per heavy atom. The molecule has 38 heavy (non-hydrogen) atoms. The Balaban J connectivity index is 1.54. The first-order chi connectivity index (χ1) is 18.5. The van der Waals surface area contributed by atoms with Crippen LogP contribution in [0.1, 0.15) is 63.7 Å². The van der Waals surface area contributed by atoms with Crippen LogP contribution in [-0.4, -0.2) is 33.2 Å². The Bertz CT molecular complexity index is 1570. The van der Waals surface area contributed by atoms with Gasteiger partial charge in [-0.1, -0.05) is 30.3 Å². The summed E-state index contributed by atoms with van der Waals surface area (Å²) in [5.41, 5.74) is 4.88. The Morgan fingerprint density at radius 3 is 2.63 bits per heavy atom. The average molecular weight is 526 g/mol. The van der Waals surface area contributed by atoms with E-state index in [1.54, 1.807) is 40.3 Å². The Morgan fingerprint density at radius 2 is 1.92 bits per heavy atom. The van der Waals surface area contributed by atoms with Crippen LogP contribution in [-0.2, 0) is 4.79 Å². The number of ether oxygens (including phenoxy) is 1. The second kappa shape index (κ2) is 9.61. The number of nitrogens with zero attached hydrogens (tertiary/aromatic N) is 2. The van der Waals surface area contributed by atoms with Crippen molar-refractivity contribution in [1.29, 1.82) is 0 Å². The number of carbonyl (C=O) groups excluding carboxylic acids is 1. The fourth-order valence-corrected chi connectivity index (χ4v) is 6.50. The Labute approximate surface area is 224 Å². The third-order valence-corrected chi connectivity index (χ3v) is 8.33. The summed E-state index contributed by atoms with van der Waals surface area (Å²) in [6.45, 7) is 4.43. The molecule has 0 saturated carbocycles. The van der Waals surface area contributed by atoms with Crippen molar-refractivity contribution in [3.8, 4) is 11.4 Å². The van der Waals surface area contributed by atoms with E-state index in [0.717, 1.165) is 33.8 Å². The summed E-state index contributed by atoms with van der Waals surface area (Å²) >= 11 is 1.67. The predicted molar refractivity (Wildman–Crippen MR) is 147 cm³/mol. The third-order valence-electron chi connectivity index (χ3n) is 7.29. The number of allylic oxidation sites excluding steroid dienone is 2. The van der Waals surface area contributed by atoms with Crippen LogP contribution in [0.4, 0.5) is 5.82 Å². The van der Waals surface area contributed by atoms with E-state index in [2.05, 4.69) is 11.4 Å². The number of aromatic carboxylic acids is 1. The summed E-state index contributed by atoms with van der Waals surface area (Å²) in [6, 6.07) is 18.8. The lowest BCUT2D eigenvalue weighted by Gasteiger charge is -2.35. The van der Waals surface area contributed by atoms with Crippen molar-refractivity contribution in [3.05, 3.63) is 105 Å². The quantitative estimate of drug-likeness (QED) is 0.307. The molecule has 7 nitrogen and oxygen atoms in total. The van der Waals surface area contributed by atoms with Crippen molar-refractivity contribution < 1.29 is 19.4 Å². The molecule has 0 spiro atoms. The number of anilines is 1. The third kappa shape index (κ3) is 4.01. The van der Waals surface area contributed by atoms with Gasteiger partial charge in [-0.2, -0.15) is 5.10 Å². The number of hydrogen-bond donors (Lipinski definition) is 2. The highest BCUT2D eigenvalue weighted by Crippen LogP contribution is 2.50. The number of aromatic nitrogens is 2. The second-order valence-electron chi connectivity index (χ2n) is 9.58. The molecule has 6 rings (SSSR count). The minimum atomic E-state index is -1.02. The van der Waals surface area contributed by atoms with Gasteiger partial charge in [-0.3, -0.25) is 4.79 Å². The van der Waals surface area contributed by atoms with Gasteiger partial charge in [0, 0.05) is 40.0 Å². The van der Waals surface area contributed by atoms with E-state index in [4.69, 9.17) is 9.84 Å². The number of fused-ring (bicyclic) bond motifs is 1. The van der Waals surface area contributed by atoms with Crippen molar-refractivity contribution in [2.45, 2.75) is 38.5 Å². The van der Waals surface area contributed by atoms with Crippen LogP contribution in [0.2, 0.25) is 0 Å². The van der Waals surface area contributed by atoms with Crippen molar-refractivity contribution in [2.75, 3.05) is 11.9 Å². The van der Waals surface area contributed by atoms with Crippen LogP contribution < -0.4 is 10.1 Å². The highest BCUT2D eigenvalue weighted by molar-refractivity contribution is 7.10. The van der Waals surface area contributed by atoms with Crippen molar-refractivity contribution >= 4 is 28.9 Å². The van der Waals surface area contributed by atoms with Crippen molar-refractivity contribution in [3.63, 3.8) is 0 Å². The highest BCUT2D eigenvalue weighted by atomic mass is 32.1. The molecule has 2 atom stereocenters. The minimum absolute atomic E-state index is 0.0973. The smallest absolute Gasteiger partial charge is 0.337 e. The van der Waals surface area contributed by atoms with E-state index in [9.17, 15) is 14.7 Å². The van der Waals surface area contributed by atoms with Crippen LogP contribution in [0.15, 0.2) is 77.3 Å². The molecular formula is C30H27N3O4S. The number of ketones is 1. The first-order valence-corrected chi connectivity index (χ1v) is 13.6. The number of hydrogen-bond acceptors (Lipinski definition) is 6. The molecule has 0 saturated heterocycles. The van der Waals surface area contributed by atoms with E-state index >= 15 is 0 Å². The zero-order chi connectivity index (χ0) is 26.4. The molecule has 2 aromatic carbocycles. The SMILES string of the molecule is CCOc1ccc([C@H]2C3=C(C[C@H](c4cccs4)CC3=O)Nc3c2c(C)nn3-c2ccccc2C(=O)O)cc1. The number of rotatable bonds is 6. The van der Waals surface area contributed by atoms with E-state index < -0.39 is 5.97 Å². The van der Waals surface area contributed by atoms with Crippen LogP contribution in [0.25, 0.3) is 5.69 Å². The Hall–Kier alpha value is -4.17. The summed E-state index contributed by atoms with van der Waals surface area (Å²) in [5, 5.41) is 20.3. The van der Waals surface area contributed by atoms with Gasteiger partial charge >= 0.3 is 5.97 Å². The number of carboxylic acids is 1. The van der Waals surface area contributed by atoms with Crippen molar-refractivity contribution in [1.82, 2.24) is 9.78 Å². The lowest BCUT2D eigenvalue weighted by atomic mass is 9.73.